The molecule has 0 saturated carbocycles. The van der Waals surface area contributed by atoms with Crippen LogP contribution in [0.1, 0.15) is 39.4 Å². The van der Waals surface area contributed by atoms with Crippen LogP contribution in [0.5, 0.6) is 17.2 Å². The van der Waals surface area contributed by atoms with Crippen LogP contribution in [0.2, 0.25) is 0 Å². The van der Waals surface area contributed by atoms with Crippen molar-refractivity contribution in [2.75, 3.05) is 20.8 Å². The van der Waals surface area contributed by atoms with Gasteiger partial charge >= 0.3 is 0 Å². The Kier molecular flexibility index (Phi) is 5.94. The van der Waals surface area contributed by atoms with Gasteiger partial charge < -0.3 is 19.2 Å². The molecule has 3 aliphatic heterocycles. The molecule has 38 heavy (non-hydrogen) atoms. The van der Waals surface area contributed by atoms with Gasteiger partial charge in [0.15, 0.2) is 11.5 Å². The van der Waals surface area contributed by atoms with Crippen LogP contribution in [0.15, 0.2) is 83.6 Å². The van der Waals surface area contributed by atoms with Gasteiger partial charge in [-0.25, -0.2) is 0 Å². The van der Waals surface area contributed by atoms with Crippen molar-refractivity contribution < 1.29 is 14.2 Å². The Morgan fingerprint density at radius 1 is 0.947 bits per heavy atom. The molecule has 3 aromatic carbocycles. The lowest BCUT2D eigenvalue weighted by atomic mass is 9.85. The molecule has 0 spiro atoms. The standard InChI is InChI=1S/C32H32N2O3S/c1-35-23-10-11-27-25(17-23)26-18-28-24-19-30(37-20-21-8-4-3-5-9-21)29(36-2)16-22(24)12-13-34(28)32(31(26)33-27)38-14-6-7-15-38/h3-11,14-17,19,28,32-33,38H,12-13,18,20H2,1-2H3. The second-order valence-corrected chi connectivity index (χ2v) is 12.1. The highest BCUT2D eigenvalue weighted by Crippen LogP contribution is 2.58. The van der Waals surface area contributed by atoms with Crippen molar-refractivity contribution in [3.8, 4) is 17.2 Å². The molecule has 3 aliphatic rings. The Balaban J connectivity index is 1.32. The van der Waals surface area contributed by atoms with E-state index in [4.69, 9.17) is 14.2 Å². The minimum Gasteiger partial charge on any atom is -0.497 e. The van der Waals surface area contributed by atoms with E-state index in [0.29, 0.717) is 12.0 Å². The predicted molar refractivity (Wildman–Crippen MR) is 155 cm³/mol. The first kappa shape index (κ1) is 23.5. The van der Waals surface area contributed by atoms with Gasteiger partial charge in [-0.3, -0.25) is 4.90 Å². The number of ether oxygens (including phenoxy) is 3. The zero-order chi connectivity index (χ0) is 25.6. The van der Waals surface area contributed by atoms with Crippen LogP contribution in [0, 0.1) is 0 Å². The van der Waals surface area contributed by atoms with Gasteiger partial charge in [0.1, 0.15) is 12.4 Å². The highest BCUT2D eigenvalue weighted by atomic mass is 32.2. The summed E-state index contributed by atoms with van der Waals surface area (Å²) in [5.74, 6) is 2.52. The molecule has 4 aromatic rings. The van der Waals surface area contributed by atoms with E-state index in [1.54, 1.807) is 14.2 Å². The summed E-state index contributed by atoms with van der Waals surface area (Å²) in [6.45, 7) is 1.54. The number of hydrogen-bond acceptors (Lipinski definition) is 4. The summed E-state index contributed by atoms with van der Waals surface area (Å²) in [5.41, 5.74) is 7.83. The molecule has 1 aromatic heterocycles. The lowest BCUT2D eigenvalue weighted by molar-refractivity contribution is 0.152. The van der Waals surface area contributed by atoms with Crippen molar-refractivity contribution in [3.05, 3.63) is 112 Å². The van der Waals surface area contributed by atoms with Crippen LogP contribution >= 0.6 is 10.9 Å². The fourth-order valence-corrected chi connectivity index (χ4v) is 8.42. The Morgan fingerprint density at radius 2 is 1.79 bits per heavy atom. The summed E-state index contributed by atoms with van der Waals surface area (Å²) < 4.78 is 17.8. The van der Waals surface area contributed by atoms with E-state index in [9.17, 15) is 0 Å². The molecule has 0 bridgehead atoms. The van der Waals surface area contributed by atoms with Gasteiger partial charge in [-0.1, -0.05) is 42.5 Å². The molecule has 7 rings (SSSR count). The smallest absolute Gasteiger partial charge is 0.162 e. The Morgan fingerprint density at radius 3 is 2.58 bits per heavy atom. The summed E-state index contributed by atoms with van der Waals surface area (Å²) >= 11 is 0. The summed E-state index contributed by atoms with van der Waals surface area (Å²) in [4.78, 5) is 6.56. The fraction of sp³-hybridized carbons (Fsp3) is 0.250. The SMILES string of the molecule is COc1ccc2[nH]c3c(c2c1)CC1c2cc(OCc4ccccc4)c(OC)cc2CCN1C3[SH]1C=CC=C1. The van der Waals surface area contributed by atoms with E-state index >= 15 is 0 Å². The van der Waals surface area contributed by atoms with E-state index < -0.39 is 10.9 Å². The average Bonchev–Trinajstić information content (AvgIpc) is 3.62. The van der Waals surface area contributed by atoms with Crippen LogP contribution in [-0.4, -0.2) is 30.6 Å². The van der Waals surface area contributed by atoms with E-state index in [2.05, 4.69) is 69.3 Å². The number of fused-ring (bicyclic) bond motifs is 6. The quantitative estimate of drug-likeness (QED) is 0.268. The summed E-state index contributed by atoms with van der Waals surface area (Å²) in [7, 11) is 3.03. The maximum absolute atomic E-state index is 6.36. The monoisotopic (exact) mass is 524 g/mol. The number of methoxy groups -OCH3 is 2. The molecule has 4 heterocycles. The minimum atomic E-state index is -0.438. The van der Waals surface area contributed by atoms with Crippen molar-refractivity contribution in [1.82, 2.24) is 9.88 Å². The van der Waals surface area contributed by atoms with Gasteiger partial charge in [-0.15, -0.1) is 0 Å². The maximum atomic E-state index is 6.36. The first-order valence-corrected chi connectivity index (χ1v) is 14.7. The van der Waals surface area contributed by atoms with Crippen molar-refractivity contribution in [1.29, 1.82) is 0 Å². The van der Waals surface area contributed by atoms with E-state index in [0.717, 1.165) is 42.2 Å². The molecule has 0 aliphatic carbocycles. The number of benzene rings is 3. The largest absolute Gasteiger partial charge is 0.497 e. The second-order valence-electron chi connectivity index (χ2n) is 10.1. The minimum absolute atomic E-state index is 0.274. The van der Waals surface area contributed by atoms with Crippen LogP contribution in [0.3, 0.4) is 0 Å². The van der Waals surface area contributed by atoms with Crippen molar-refractivity contribution in [2.24, 2.45) is 0 Å². The topological polar surface area (TPSA) is 46.7 Å². The van der Waals surface area contributed by atoms with Gasteiger partial charge in [0.25, 0.3) is 0 Å². The first-order chi connectivity index (χ1) is 18.7. The van der Waals surface area contributed by atoms with E-state index in [1.165, 1.54) is 33.3 Å². The maximum Gasteiger partial charge on any atom is 0.162 e. The second kappa shape index (κ2) is 9.61. The third kappa shape index (κ3) is 3.91. The molecule has 1 N–H and O–H groups in total. The fourth-order valence-electron chi connectivity index (χ4n) is 6.26. The van der Waals surface area contributed by atoms with E-state index in [1.807, 2.05) is 24.3 Å². The van der Waals surface area contributed by atoms with Gasteiger partial charge in [0, 0.05) is 29.2 Å². The van der Waals surface area contributed by atoms with Crippen molar-refractivity contribution in [2.45, 2.75) is 30.9 Å². The number of H-pyrrole nitrogens is 1. The molecule has 194 valence electrons. The predicted octanol–water partition coefficient (Wildman–Crippen LogP) is 6.96. The molecule has 0 amide bonds. The number of rotatable bonds is 6. The lowest BCUT2D eigenvalue weighted by Gasteiger charge is -2.48. The Bertz CT molecular complexity index is 1550. The molecule has 5 nitrogen and oxygen atoms in total. The number of nitrogens with zero attached hydrogens (tertiary/aromatic N) is 1. The van der Waals surface area contributed by atoms with Gasteiger partial charge in [0.2, 0.25) is 0 Å². The van der Waals surface area contributed by atoms with Gasteiger partial charge in [-0.2, -0.15) is 10.9 Å². The third-order valence-electron chi connectivity index (χ3n) is 8.09. The lowest BCUT2D eigenvalue weighted by Crippen LogP contribution is -2.42. The number of thiol groups is 1. The number of hydrogen-bond donors (Lipinski definition) is 2. The molecule has 0 radical (unpaired) electrons. The summed E-state index contributed by atoms with van der Waals surface area (Å²) in [6.07, 6.45) is 6.36. The number of aromatic amines is 1. The molecule has 0 fully saturated rings. The first-order valence-electron chi connectivity index (χ1n) is 13.2. The number of allylic oxidation sites excluding steroid dienone is 2. The molecular weight excluding hydrogens is 492 g/mol. The van der Waals surface area contributed by atoms with Crippen LogP contribution in [0.25, 0.3) is 10.9 Å². The third-order valence-corrected chi connectivity index (χ3v) is 10.2. The zero-order valence-electron chi connectivity index (χ0n) is 21.7. The van der Waals surface area contributed by atoms with Crippen molar-refractivity contribution in [3.63, 3.8) is 0 Å². The molecule has 2 atom stereocenters. The molecule has 6 heteroatoms. The summed E-state index contributed by atoms with van der Waals surface area (Å²) in [5, 5.41) is 6.38. The van der Waals surface area contributed by atoms with Crippen LogP contribution in [0.4, 0.5) is 0 Å². The molecule has 0 saturated heterocycles. The van der Waals surface area contributed by atoms with Gasteiger partial charge in [0.05, 0.1) is 19.6 Å². The molecular formula is C32H32N2O3S. The van der Waals surface area contributed by atoms with Crippen LogP contribution < -0.4 is 14.2 Å². The number of aromatic nitrogens is 1. The van der Waals surface area contributed by atoms with Gasteiger partial charge in [-0.05, 0) is 76.2 Å². The average molecular weight is 525 g/mol. The van der Waals surface area contributed by atoms with E-state index in [-0.39, 0.29) is 6.04 Å². The Hall–Kier alpha value is -3.61. The Labute approximate surface area is 226 Å². The normalized spacial score (nSPS) is 20.7. The van der Waals surface area contributed by atoms with Crippen molar-refractivity contribution >= 4 is 21.8 Å². The number of nitrogens with one attached hydrogen (secondary N) is 1. The zero-order valence-corrected chi connectivity index (χ0v) is 22.6. The highest BCUT2D eigenvalue weighted by Gasteiger charge is 2.42. The molecule has 2 unspecified atom stereocenters. The summed E-state index contributed by atoms with van der Waals surface area (Å²) in [6, 6.07) is 21.4. The van der Waals surface area contributed by atoms with Crippen LogP contribution in [-0.2, 0) is 19.4 Å². The highest BCUT2D eigenvalue weighted by molar-refractivity contribution is 8.22.